The van der Waals surface area contributed by atoms with E-state index in [9.17, 15) is 9.59 Å². The number of urea groups is 1. The lowest BCUT2D eigenvalue weighted by Gasteiger charge is -2.15. The maximum absolute atomic E-state index is 12.9. The quantitative estimate of drug-likeness (QED) is 0.434. The Balaban J connectivity index is 1.37. The van der Waals surface area contributed by atoms with Crippen LogP contribution in [0.4, 0.5) is 9.80 Å². The molecular weight excluding hydrogens is 438 g/mol. The number of rotatable bonds is 5. The minimum atomic E-state index is -0.251. The van der Waals surface area contributed by atoms with Crippen LogP contribution in [0.1, 0.15) is 56.6 Å². The first-order valence-electron chi connectivity index (χ1n) is 11.2. The van der Waals surface area contributed by atoms with Crippen molar-refractivity contribution in [3.63, 3.8) is 0 Å². The van der Waals surface area contributed by atoms with Crippen molar-refractivity contribution >= 4 is 39.5 Å². The monoisotopic (exact) mass is 465 g/mol. The largest absolute Gasteiger partial charge is 0.334 e. The number of aryl methyl sites for hydroxylation is 1. The van der Waals surface area contributed by atoms with E-state index in [0.717, 1.165) is 50.8 Å². The predicted molar refractivity (Wildman–Crippen MR) is 132 cm³/mol. The molecule has 0 atom stereocenters. The third-order valence-electron chi connectivity index (χ3n) is 6.25. The molecule has 1 aliphatic carbocycles. The number of anilines is 1. The number of carbonyl (C=O) groups excluding carboxylic acids is 2. The lowest BCUT2D eigenvalue weighted by atomic mass is 9.94. The highest BCUT2D eigenvalue weighted by Crippen LogP contribution is 2.39. The summed E-state index contributed by atoms with van der Waals surface area (Å²) in [6.45, 7) is 3.91. The Morgan fingerprint density at radius 3 is 2.62 bits per heavy atom. The van der Waals surface area contributed by atoms with E-state index in [1.165, 1.54) is 31.3 Å². The summed E-state index contributed by atoms with van der Waals surface area (Å²) < 4.78 is 0. The summed E-state index contributed by atoms with van der Waals surface area (Å²) in [4.78, 5) is 29.0. The third kappa shape index (κ3) is 4.12. The van der Waals surface area contributed by atoms with Crippen LogP contribution in [0, 0.1) is 0 Å². The first-order valence-corrected chi connectivity index (χ1v) is 12.8. The van der Waals surface area contributed by atoms with Crippen LogP contribution >= 0.6 is 22.7 Å². The van der Waals surface area contributed by atoms with E-state index in [2.05, 4.69) is 40.2 Å². The van der Waals surface area contributed by atoms with E-state index in [1.807, 2.05) is 17.4 Å². The van der Waals surface area contributed by atoms with Gasteiger partial charge in [-0.25, -0.2) is 4.79 Å². The number of thiophene rings is 2. The Bertz CT molecular complexity index is 1160. The van der Waals surface area contributed by atoms with Crippen molar-refractivity contribution in [1.82, 2.24) is 10.6 Å². The highest BCUT2D eigenvalue weighted by molar-refractivity contribution is 7.17. The highest BCUT2D eigenvalue weighted by Gasteiger charge is 2.25. The molecule has 32 heavy (non-hydrogen) atoms. The second-order valence-electron chi connectivity index (χ2n) is 8.38. The molecule has 1 aromatic carbocycles. The van der Waals surface area contributed by atoms with Gasteiger partial charge in [-0.3, -0.25) is 10.1 Å². The first kappa shape index (κ1) is 21.4. The van der Waals surface area contributed by atoms with Gasteiger partial charge in [0.2, 0.25) is 0 Å². The number of amides is 2. The predicted octanol–water partition coefficient (Wildman–Crippen LogP) is 5.53. The van der Waals surface area contributed by atoms with Crippen molar-refractivity contribution in [2.75, 3.05) is 11.9 Å². The maximum atomic E-state index is 12.9. The minimum absolute atomic E-state index is 0.0328. The standard InChI is InChI=1S/C25H27N3O2S2/c1-15(29)22-18-9-5-6-10-20(18)32-24(22)28-25(30)27-13-19-17-11-12-26-14-21(17)31-23(19)16-7-3-2-4-8-16/h2-4,7-8,26H,5-6,9-14H2,1H3,(H2,27,28,30). The van der Waals surface area contributed by atoms with Gasteiger partial charge in [-0.15, -0.1) is 22.7 Å². The Morgan fingerprint density at radius 2 is 1.81 bits per heavy atom. The van der Waals surface area contributed by atoms with Crippen molar-refractivity contribution in [3.8, 4) is 10.4 Å². The molecule has 0 unspecified atom stereocenters. The number of Topliss-reactive ketones (excluding diaryl/α,β-unsaturated/α-hetero) is 1. The fourth-order valence-corrected chi connectivity index (χ4v) is 7.43. The SMILES string of the molecule is CC(=O)c1c(NC(=O)NCc2c(-c3ccccc3)sc3c2CCNC3)sc2c1CCCC2. The average molecular weight is 466 g/mol. The van der Waals surface area contributed by atoms with E-state index in [4.69, 9.17) is 0 Å². The van der Waals surface area contributed by atoms with Crippen LogP contribution in [0.5, 0.6) is 0 Å². The molecule has 7 heteroatoms. The zero-order chi connectivity index (χ0) is 22.1. The smallest absolute Gasteiger partial charge is 0.320 e. The molecule has 2 aliphatic rings. The summed E-state index contributed by atoms with van der Waals surface area (Å²) in [5.74, 6) is 0.0328. The Morgan fingerprint density at radius 1 is 1.00 bits per heavy atom. The van der Waals surface area contributed by atoms with Gasteiger partial charge < -0.3 is 10.6 Å². The molecule has 3 heterocycles. The molecule has 0 radical (unpaired) electrons. The van der Waals surface area contributed by atoms with Gasteiger partial charge >= 0.3 is 6.03 Å². The molecular formula is C25H27N3O2S2. The second-order valence-corrected chi connectivity index (χ2v) is 10.6. The lowest BCUT2D eigenvalue weighted by Crippen LogP contribution is -2.29. The summed E-state index contributed by atoms with van der Waals surface area (Å²) in [5, 5.41) is 10.2. The van der Waals surface area contributed by atoms with E-state index in [1.54, 1.807) is 18.3 Å². The van der Waals surface area contributed by atoms with Crippen molar-refractivity contribution in [2.45, 2.75) is 52.1 Å². The average Bonchev–Trinajstić information content (AvgIpc) is 3.36. The normalized spacial score (nSPS) is 15.0. The van der Waals surface area contributed by atoms with E-state index < -0.39 is 0 Å². The van der Waals surface area contributed by atoms with Crippen molar-refractivity contribution in [3.05, 3.63) is 62.3 Å². The van der Waals surface area contributed by atoms with Gasteiger partial charge in [0, 0.05) is 27.7 Å². The number of benzene rings is 1. The van der Waals surface area contributed by atoms with E-state index in [-0.39, 0.29) is 11.8 Å². The summed E-state index contributed by atoms with van der Waals surface area (Å²) in [7, 11) is 0. The minimum Gasteiger partial charge on any atom is -0.334 e. The van der Waals surface area contributed by atoms with Crippen LogP contribution in [0.3, 0.4) is 0 Å². The topological polar surface area (TPSA) is 70.2 Å². The van der Waals surface area contributed by atoms with E-state index in [0.29, 0.717) is 17.1 Å². The Labute approximate surface area is 196 Å². The molecule has 166 valence electrons. The molecule has 0 spiro atoms. The van der Waals surface area contributed by atoms with Crippen molar-refractivity contribution in [2.24, 2.45) is 0 Å². The Kier molecular flexibility index (Phi) is 6.13. The first-order chi connectivity index (χ1) is 15.6. The van der Waals surface area contributed by atoms with Gasteiger partial charge in [0.25, 0.3) is 0 Å². The summed E-state index contributed by atoms with van der Waals surface area (Å²) >= 11 is 3.38. The van der Waals surface area contributed by atoms with Gasteiger partial charge in [0.05, 0.1) is 5.56 Å². The van der Waals surface area contributed by atoms with Crippen LogP contribution < -0.4 is 16.0 Å². The lowest BCUT2D eigenvalue weighted by molar-refractivity contribution is 0.101. The summed E-state index contributed by atoms with van der Waals surface area (Å²) in [5.41, 5.74) is 5.63. The van der Waals surface area contributed by atoms with Crippen LogP contribution in [0.15, 0.2) is 30.3 Å². The molecule has 2 amide bonds. The molecule has 0 saturated heterocycles. The number of hydrogen-bond donors (Lipinski definition) is 3. The fourth-order valence-electron chi connectivity index (χ4n) is 4.75. The van der Waals surface area contributed by atoms with Crippen LogP contribution in [0.2, 0.25) is 0 Å². The molecule has 1 aliphatic heterocycles. The molecule has 0 saturated carbocycles. The molecule has 0 bridgehead atoms. The molecule has 2 aromatic heterocycles. The Hall–Kier alpha value is -2.48. The summed E-state index contributed by atoms with van der Waals surface area (Å²) in [6.07, 6.45) is 5.16. The van der Waals surface area contributed by atoms with Crippen molar-refractivity contribution in [1.29, 1.82) is 0 Å². The van der Waals surface area contributed by atoms with Gasteiger partial charge in [-0.1, -0.05) is 30.3 Å². The van der Waals surface area contributed by atoms with Gasteiger partial charge in [-0.05, 0) is 67.8 Å². The maximum Gasteiger partial charge on any atom is 0.320 e. The third-order valence-corrected chi connectivity index (χ3v) is 8.78. The molecule has 5 nitrogen and oxygen atoms in total. The van der Waals surface area contributed by atoms with Crippen LogP contribution in [-0.4, -0.2) is 18.4 Å². The van der Waals surface area contributed by atoms with Crippen LogP contribution in [0.25, 0.3) is 10.4 Å². The molecule has 3 N–H and O–H groups in total. The van der Waals surface area contributed by atoms with Gasteiger partial charge in [0.1, 0.15) is 5.00 Å². The number of fused-ring (bicyclic) bond motifs is 2. The fraction of sp³-hybridized carbons (Fsp3) is 0.360. The van der Waals surface area contributed by atoms with Gasteiger partial charge in [-0.2, -0.15) is 0 Å². The number of hydrogen-bond acceptors (Lipinski definition) is 5. The molecule has 3 aromatic rings. The van der Waals surface area contributed by atoms with Crippen molar-refractivity contribution < 1.29 is 9.59 Å². The number of ketones is 1. The number of nitrogens with one attached hydrogen (secondary N) is 3. The zero-order valence-electron chi connectivity index (χ0n) is 18.2. The van der Waals surface area contributed by atoms with Crippen LogP contribution in [-0.2, 0) is 32.4 Å². The molecule has 5 rings (SSSR count). The number of carbonyl (C=O) groups is 2. The highest BCUT2D eigenvalue weighted by atomic mass is 32.1. The molecule has 0 fully saturated rings. The van der Waals surface area contributed by atoms with Gasteiger partial charge in [0.15, 0.2) is 5.78 Å². The zero-order valence-corrected chi connectivity index (χ0v) is 19.8. The van der Waals surface area contributed by atoms with E-state index >= 15 is 0 Å². The second kappa shape index (κ2) is 9.17. The summed E-state index contributed by atoms with van der Waals surface area (Å²) in [6, 6.07) is 10.1.